The molecule has 0 radical (unpaired) electrons. The molecule has 0 fully saturated rings. The molecule has 0 aliphatic rings. The van der Waals surface area contributed by atoms with Crippen LogP contribution in [0, 0.1) is 10.1 Å². The lowest BCUT2D eigenvalue weighted by Gasteiger charge is -2.10. The molecular weight excluding hydrogens is 316 g/mol. The lowest BCUT2D eigenvalue weighted by molar-refractivity contribution is -0.385. The summed E-state index contributed by atoms with van der Waals surface area (Å²) in [6, 6.07) is 4.66. The number of nitrogens with zero attached hydrogens (tertiary/aromatic N) is 5. The zero-order valence-electron chi connectivity index (χ0n) is 10.2. The number of hydrogen-bond donors (Lipinski definition) is 1. The number of halogens is 1. The summed E-state index contributed by atoms with van der Waals surface area (Å²) in [5.74, 6) is 0.583. The van der Waals surface area contributed by atoms with E-state index in [1.54, 1.807) is 19.2 Å². The quantitative estimate of drug-likeness (QED) is 0.677. The average molecular weight is 327 g/mol. The summed E-state index contributed by atoms with van der Waals surface area (Å²) in [5.41, 5.74) is 0.507. The maximum Gasteiger partial charge on any atom is 0.285 e. The number of nitrogens with one attached hydrogen (secondary N) is 1. The Bertz CT molecular complexity index is 614. The highest BCUT2D eigenvalue weighted by Crippen LogP contribution is 2.27. The fourth-order valence-electron chi connectivity index (χ4n) is 1.55. The third-order valence-corrected chi connectivity index (χ3v) is 3.36. The summed E-state index contributed by atoms with van der Waals surface area (Å²) in [4.78, 5) is 10.5. The van der Waals surface area contributed by atoms with Crippen LogP contribution >= 0.6 is 15.9 Å². The topological polar surface area (TPSA) is 98.8 Å². The molecule has 0 saturated heterocycles. The highest BCUT2D eigenvalue weighted by atomic mass is 79.9. The molecule has 8 nitrogen and oxygen atoms in total. The number of rotatable bonds is 4. The molecule has 1 unspecified atom stereocenters. The first-order valence-electron chi connectivity index (χ1n) is 5.44. The van der Waals surface area contributed by atoms with E-state index in [1.807, 2.05) is 6.92 Å². The Morgan fingerprint density at radius 2 is 2.26 bits per heavy atom. The number of nitro benzene ring substituents is 1. The van der Waals surface area contributed by atoms with E-state index in [9.17, 15) is 10.1 Å². The van der Waals surface area contributed by atoms with E-state index in [0.29, 0.717) is 16.0 Å². The van der Waals surface area contributed by atoms with Gasteiger partial charge in [-0.05, 0) is 52.5 Å². The predicted octanol–water partition coefficient (Wildman–Crippen LogP) is 1.61. The van der Waals surface area contributed by atoms with Crippen molar-refractivity contribution in [2.45, 2.75) is 13.0 Å². The van der Waals surface area contributed by atoms with Crippen molar-refractivity contribution in [1.29, 1.82) is 0 Å². The minimum Gasteiger partial charge on any atom is -0.311 e. The van der Waals surface area contributed by atoms with Gasteiger partial charge in [0.05, 0.1) is 21.1 Å². The van der Waals surface area contributed by atoms with Crippen LogP contribution in [0.15, 0.2) is 22.7 Å². The molecule has 1 N–H and O–H groups in total. The van der Waals surface area contributed by atoms with Gasteiger partial charge in [0.15, 0.2) is 5.82 Å². The van der Waals surface area contributed by atoms with Crippen LogP contribution in [0.2, 0.25) is 0 Å². The second kappa shape index (κ2) is 5.41. The fraction of sp³-hybridized carbons (Fsp3) is 0.300. The standard InChI is InChI=1S/C10H11BrN6O2/c1-6(12-2)10-13-14-15-16(10)7-3-4-8(11)9(5-7)17(18)19/h3-6,12H,1-2H3. The normalized spacial score (nSPS) is 12.4. The van der Waals surface area contributed by atoms with Crippen molar-refractivity contribution in [2.24, 2.45) is 0 Å². The minimum absolute atomic E-state index is 0.0314. The van der Waals surface area contributed by atoms with E-state index in [4.69, 9.17) is 0 Å². The minimum atomic E-state index is -0.459. The van der Waals surface area contributed by atoms with Gasteiger partial charge < -0.3 is 5.32 Å². The van der Waals surface area contributed by atoms with E-state index in [0.717, 1.165) is 0 Å². The maximum atomic E-state index is 10.9. The first-order valence-corrected chi connectivity index (χ1v) is 6.23. The van der Waals surface area contributed by atoms with Crippen molar-refractivity contribution >= 4 is 21.6 Å². The molecule has 0 aliphatic carbocycles. The smallest absolute Gasteiger partial charge is 0.285 e. The van der Waals surface area contributed by atoms with Gasteiger partial charge in [0.1, 0.15) is 0 Å². The first-order chi connectivity index (χ1) is 9.04. The fourth-order valence-corrected chi connectivity index (χ4v) is 1.94. The van der Waals surface area contributed by atoms with E-state index >= 15 is 0 Å². The van der Waals surface area contributed by atoms with Gasteiger partial charge in [-0.3, -0.25) is 10.1 Å². The molecule has 2 aromatic rings. The van der Waals surface area contributed by atoms with Crippen LogP contribution in [0.1, 0.15) is 18.8 Å². The average Bonchev–Trinajstić information content (AvgIpc) is 2.87. The lowest BCUT2D eigenvalue weighted by atomic mass is 10.2. The zero-order valence-corrected chi connectivity index (χ0v) is 11.8. The summed E-state index contributed by atoms with van der Waals surface area (Å²) >= 11 is 3.14. The summed E-state index contributed by atoms with van der Waals surface area (Å²) < 4.78 is 1.89. The Labute approximate surface area is 117 Å². The van der Waals surface area contributed by atoms with Crippen molar-refractivity contribution in [3.05, 3.63) is 38.6 Å². The van der Waals surface area contributed by atoms with Gasteiger partial charge in [-0.25, -0.2) is 0 Å². The number of aromatic nitrogens is 4. The molecule has 9 heteroatoms. The molecule has 0 saturated carbocycles. The van der Waals surface area contributed by atoms with Gasteiger partial charge in [0, 0.05) is 6.07 Å². The third kappa shape index (κ3) is 2.61. The third-order valence-electron chi connectivity index (χ3n) is 2.68. The second-order valence-electron chi connectivity index (χ2n) is 3.85. The molecule has 0 bridgehead atoms. The summed E-state index contributed by atoms with van der Waals surface area (Å²) in [7, 11) is 1.79. The Morgan fingerprint density at radius 3 is 2.89 bits per heavy atom. The molecule has 1 aromatic carbocycles. The van der Waals surface area contributed by atoms with Gasteiger partial charge in [-0.2, -0.15) is 4.68 Å². The molecule has 1 aromatic heterocycles. The number of nitro groups is 1. The van der Waals surface area contributed by atoms with Gasteiger partial charge in [-0.1, -0.05) is 0 Å². The van der Waals surface area contributed by atoms with E-state index in [-0.39, 0.29) is 11.7 Å². The van der Waals surface area contributed by atoms with Crippen LogP contribution in [0.5, 0.6) is 0 Å². The van der Waals surface area contributed by atoms with Crippen molar-refractivity contribution in [3.8, 4) is 5.69 Å². The lowest BCUT2D eigenvalue weighted by Crippen LogP contribution is -2.17. The molecule has 100 valence electrons. The van der Waals surface area contributed by atoms with Crippen molar-refractivity contribution in [1.82, 2.24) is 25.5 Å². The molecule has 1 heterocycles. The molecule has 2 rings (SSSR count). The van der Waals surface area contributed by atoms with Crippen LogP contribution in [0.25, 0.3) is 5.69 Å². The van der Waals surface area contributed by atoms with Gasteiger partial charge in [0.25, 0.3) is 5.69 Å². The molecule has 0 amide bonds. The van der Waals surface area contributed by atoms with Crippen LogP contribution in [0.4, 0.5) is 5.69 Å². The SMILES string of the molecule is CNC(C)c1nnnn1-c1ccc(Br)c([N+](=O)[O-])c1. The molecule has 0 aliphatic heterocycles. The maximum absolute atomic E-state index is 10.9. The molecular formula is C10H11BrN6O2. The number of benzene rings is 1. The van der Waals surface area contributed by atoms with E-state index < -0.39 is 4.92 Å². The van der Waals surface area contributed by atoms with Crippen LogP contribution < -0.4 is 5.32 Å². The number of tetrazole rings is 1. The molecule has 0 spiro atoms. The zero-order chi connectivity index (χ0) is 14.0. The Balaban J connectivity index is 2.51. The second-order valence-corrected chi connectivity index (χ2v) is 4.71. The van der Waals surface area contributed by atoms with Crippen LogP contribution in [-0.2, 0) is 0 Å². The Morgan fingerprint density at radius 1 is 1.53 bits per heavy atom. The van der Waals surface area contributed by atoms with E-state index in [1.165, 1.54) is 10.7 Å². The first kappa shape index (κ1) is 13.6. The largest absolute Gasteiger partial charge is 0.311 e. The van der Waals surface area contributed by atoms with E-state index in [2.05, 4.69) is 36.8 Å². The Hall–Kier alpha value is -1.87. The van der Waals surface area contributed by atoms with Gasteiger partial charge in [-0.15, -0.1) is 5.10 Å². The van der Waals surface area contributed by atoms with Crippen molar-refractivity contribution in [3.63, 3.8) is 0 Å². The summed E-state index contributed by atoms with van der Waals surface area (Å²) in [6.45, 7) is 1.90. The number of hydrogen-bond acceptors (Lipinski definition) is 6. The predicted molar refractivity (Wildman–Crippen MR) is 71.0 cm³/mol. The van der Waals surface area contributed by atoms with Gasteiger partial charge in [0.2, 0.25) is 0 Å². The highest BCUT2D eigenvalue weighted by molar-refractivity contribution is 9.10. The summed E-state index contributed by atoms with van der Waals surface area (Å²) in [5, 5.41) is 25.3. The van der Waals surface area contributed by atoms with Crippen molar-refractivity contribution < 1.29 is 4.92 Å². The monoisotopic (exact) mass is 326 g/mol. The van der Waals surface area contributed by atoms with Crippen LogP contribution in [-0.4, -0.2) is 32.2 Å². The van der Waals surface area contributed by atoms with Crippen molar-refractivity contribution in [2.75, 3.05) is 7.05 Å². The summed E-state index contributed by atoms with van der Waals surface area (Å²) in [6.07, 6.45) is 0. The molecule has 19 heavy (non-hydrogen) atoms. The van der Waals surface area contributed by atoms with Crippen LogP contribution in [0.3, 0.4) is 0 Å². The van der Waals surface area contributed by atoms with Gasteiger partial charge >= 0.3 is 0 Å². The highest BCUT2D eigenvalue weighted by Gasteiger charge is 2.18. The molecule has 1 atom stereocenters. The Kier molecular flexibility index (Phi) is 3.86.